The molecule has 8 nitrogen and oxygen atoms in total. The molecule has 0 fully saturated rings. The maximum atomic E-state index is 12.8. The van der Waals surface area contributed by atoms with Gasteiger partial charge in [-0.1, -0.05) is 0 Å². The van der Waals surface area contributed by atoms with E-state index in [2.05, 4.69) is 5.32 Å². The van der Waals surface area contributed by atoms with Gasteiger partial charge in [0, 0.05) is 6.42 Å². The Morgan fingerprint density at radius 1 is 1.00 bits per heavy atom. The molecule has 0 aromatic rings. The molecule has 0 unspecified atom stereocenters. The Bertz CT molecular complexity index is 544. The first-order valence-corrected chi connectivity index (χ1v) is 9.30. The fourth-order valence-corrected chi connectivity index (χ4v) is 1.91. The molecule has 0 aliphatic carbocycles. The van der Waals surface area contributed by atoms with Crippen LogP contribution in [0.1, 0.15) is 54.4 Å². The smallest absolute Gasteiger partial charge is 0.408 e. The Kier molecular flexibility index (Phi) is 12.4. The van der Waals surface area contributed by atoms with E-state index >= 15 is 0 Å². The van der Waals surface area contributed by atoms with Crippen molar-refractivity contribution in [3.8, 4) is 0 Å². The largest absolute Gasteiger partial charge is 1.00 e. The first-order chi connectivity index (χ1) is 12.5. The molecule has 0 heterocycles. The predicted octanol–water partition coefficient (Wildman–Crippen LogP) is -0.448. The van der Waals surface area contributed by atoms with Gasteiger partial charge in [-0.05, 0) is 48.0 Å². The molecule has 0 bridgehead atoms. The summed E-state index contributed by atoms with van der Waals surface area (Å²) in [6, 6.07) is -1.08. The third kappa shape index (κ3) is 15.9. The van der Waals surface area contributed by atoms with Gasteiger partial charge in [0.1, 0.15) is 30.4 Å². The minimum atomic E-state index is -1.08. The lowest BCUT2D eigenvalue weighted by Gasteiger charge is -2.26. The van der Waals surface area contributed by atoms with Crippen molar-refractivity contribution in [2.24, 2.45) is 0 Å². The molecule has 0 aliphatic heterocycles. The lowest BCUT2D eigenvalue weighted by Crippen LogP contribution is -3.00. The number of halogens is 2. The van der Waals surface area contributed by atoms with E-state index in [1.807, 2.05) is 0 Å². The monoisotopic (exact) mass is 442 g/mol. The predicted molar refractivity (Wildman–Crippen MR) is 102 cm³/mol. The van der Waals surface area contributed by atoms with Crippen molar-refractivity contribution in [1.29, 1.82) is 0 Å². The second-order valence-electron chi connectivity index (χ2n) is 9.27. The number of hydrogen-bond acceptors (Lipinski definition) is 6. The number of likely N-dealkylation sites (N-methyl/N-ethyl adjacent to an activating group) is 1. The van der Waals surface area contributed by atoms with Crippen molar-refractivity contribution in [2.45, 2.75) is 71.6 Å². The molecule has 0 saturated carbocycles. The number of amides is 1. The number of nitrogens with one attached hydrogen (secondary N) is 1. The zero-order valence-corrected chi connectivity index (χ0v) is 19.5. The Balaban J connectivity index is 0. The highest BCUT2D eigenvalue weighted by molar-refractivity contribution is 5.82. The Hall–Kier alpha value is -1.61. The van der Waals surface area contributed by atoms with Crippen LogP contribution in [-0.4, -0.2) is 73.8 Å². The standard InChI is InChI=1S/C19H35FN2O6.ClH/c1-18(2,3)27-15(23)10-9-14(21-17(25)28-19(4,5)6)16(24)26-12-11-22(7,8)13-20;/h14H,9-13H2,1-8H3;1H/t14-;/m0./s1. The second kappa shape index (κ2) is 12.2. The van der Waals surface area contributed by atoms with Crippen LogP contribution in [0.15, 0.2) is 0 Å². The number of carbonyl (C=O) groups is 3. The van der Waals surface area contributed by atoms with Crippen molar-refractivity contribution in [1.82, 2.24) is 5.32 Å². The van der Waals surface area contributed by atoms with Crippen molar-refractivity contribution < 1.29 is 49.9 Å². The van der Waals surface area contributed by atoms with Crippen LogP contribution < -0.4 is 17.7 Å². The summed E-state index contributed by atoms with van der Waals surface area (Å²) in [5.41, 5.74) is -1.39. The summed E-state index contributed by atoms with van der Waals surface area (Å²) >= 11 is 0. The lowest BCUT2D eigenvalue weighted by molar-refractivity contribution is -0.902. The average molecular weight is 443 g/mol. The molecule has 0 aromatic carbocycles. The van der Waals surface area contributed by atoms with Gasteiger partial charge >= 0.3 is 18.0 Å². The number of hydrogen-bond donors (Lipinski definition) is 1. The van der Waals surface area contributed by atoms with Crippen LogP contribution in [0.5, 0.6) is 0 Å². The van der Waals surface area contributed by atoms with Gasteiger partial charge in [0.05, 0.1) is 14.1 Å². The highest BCUT2D eigenvalue weighted by Crippen LogP contribution is 2.12. The number of alkyl halides is 1. The summed E-state index contributed by atoms with van der Waals surface area (Å²) in [5.74, 6) is -1.21. The number of carbonyl (C=O) groups excluding carboxylic acids is 3. The maximum Gasteiger partial charge on any atom is 0.408 e. The quantitative estimate of drug-likeness (QED) is 0.225. The van der Waals surface area contributed by atoms with E-state index < -0.39 is 42.1 Å². The van der Waals surface area contributed by atoms with Crippen molar-refractivity contribution in [3.63, 3.8) is 0 Å². The molecule has 0 rings (SSSR count). The summed E-state index contributed by atoms with van der Waals surface area (Å²) < 4.78 is 28.4. The zero-order chi connectivity index (χ0) is 22.2. The SMILES string of the molecule is CC(C)(C)OC(=O)CC[C@H](NC(=O)OC(C)(C)C)C(=O)OCC[N+](C)(C)CF.[Cl-]. The molecular weight excluding hydrogens is 407 g/mol. The fourth-order valence-electron chi connectivity index (χ4n) is 1.91. The van der Waals surface area contributed by atoms with Crippen LogP contribution in [0.2, 0.25) is 0 Å². The van der Waals surface area contributed by atoms with Crippen LogP contribution in [0.4, 0.5) is 9.18 Å². The molecule has 1 N–H and O–H groups in total. The molecule has 0 spiro atoms. The van der Waals surface area contributed by atoms with E-state index in [0.717, 1.165) is 0 Å². The number of rotatable bonds is 9. The van der Waals surface area contributed by atoms with Gasteiger partial charge in [-0.25, -0.2) is 9.59 Å². The fraction of sp³-hybridized carbons (Fsp3) is 0.842. The van der Waals surface area contributed by atoms with Gasteiger partial charge in [0.25, 0.3) is 0 Å². The topological polar surface area (TPSA) is 90.9 Å². The molecule has 0 aliphatic rings. The van der Waals surface area contributed by atoms with Crippen LogP contribution in [-0.2, 0) is 23.8 Å². The second-order valence-corrected chi connectivity index (χ2v) is 9.27. The number of esters is 2. The zero-order valence-electron chi connectivity index (χ0n) is 18.8. The van der Waals surface area contributed by atoms with Crippen LogP contribution in [0, 0.1) is 0 Å². The van der Waals surface area contributed by atoms with Crippen molar-refractivity contribution in [3.05, 3.63) is 0 Å². The molecule has 0 radical (unpaired) electrons. The number of nitrogens with zero attached hydrogens (tertiary/aromatic N) is 1. The summed E-state index contributed by atoms with van der Waals surface area (Å²) in [7, 11) is 3.32. The van der Waals surface area contributed by atoms with E-state index in [4.69, 9.17) is 14.2 Å². The maximum absolute atomic E-state index is 12.8. The van der Waals surface area contributed by atoms with Crippen molar-refractivity contribution >= 4 is 18.0 Å². The molecule has 0 aromatic heterocycles. The van der Waals surface area contributed by atoms with Crippen LogP contribution in [0.25, 0.3) is 0 Å². The van der Waals surface area contributed by atoms with Gasteiger partial charge in [-0.15, -0.1) is 0 Å². The van der Waals surface area contributed by atoms with E-state index in [9.17, 15) is 18.8 Å². The Morgan fingerprint density at radius 2 is 1.52 bits per heavy atom. The minimum absolute atomic E-state index is 0. The first-order valence-electron chi connectivity index (χ1n) is 9.30. The van der Waals surface area contributed by atoms with Gasteiger partial charge in [0.15, 0.2) is 0 Å². The van der Waals surface area contributed by atoms with Gasteiger partial charge in [-0.2, -0.15) is 4.39 Å². The van der Waals surface area contributed by atoms with Gasteiger partial charge < -0.3 is 31.9 Å². The third-order valence-electron chi connectivity index (χ3n) is 3.30. The minimum Gasteiger partial charge on any atom is -1.00 e. The Labute approximate surface area is 179 Å². The Morgan fingerprint density at radius 3 is 1.97 bits per heavy atom. The lowest BCUT2D eigenvalue weighted by atomic mass is 10.1. The molecule has 1 atom stereocenters. The normalized spacial score (nSPS) is 13.0. The third-order valence-corrected chi connectivity index (χ3v) is 3.30. The van der Waals surface area contributed by atoms with Gasteiger partial charge in [-0.3, -0.25) is 9.28 Å². The summed E-state index contributed by atoms with van der Waals surface area (Å²) in [4.78, 5) is 36.3. The molecule has 0 saturated heterocycles. The number of quaternary nitrogens is 1. The highest BCUT2D eigenvalue weighted by Gasteiger charge is 2.28. The highest BCUT2D eigenvalue weighted by atomic mass is 35.5. The van der Waals surface area contributed by atoms with E-state index in [0.29, 0.717) is 0 Å². The van der Waals surface area contributed by atoms with Crippen LogP contribution >= 0.6 is 0 Å². The van der Waals surface area contributed by atoms with Crippen molar-refractivity contribution in [2.75, 3.05) is 34.0 Å². The van der Waals surface area contributed by atoms with Gasteiger partial charge in [0.2, 0.25) is 6.80 Å². The van der Waals surface area contributed by atoms with E-state index in [-0.39, 0.29) is 42.9 Å². The number of alkyl carbamates (subject to hydrolysis) is 1. The molecular formula is C19H36ClFN2O6. The summed E-state index contributed by atoms with van der Waals surface area (Å²) in [5, 5.41) is 2.43. The summed E-state index contributed by atoms with van der Waals surface area (Å²) in [6.45, 7) is 9.94. The van der Waals surface area contributed by atoms with Crippen LogP contribution in [0.3, 0.4) is 0 Å². The molecule has 10 heteroatoms. The van der Waals surface area contributed by atoms with E-state index in [1.54, 1.807) is 55.6 Å². The van der Waals surface area contributed by atoms with E-state index in [1.165, 1.54) is 0 Å². The average Bonchev–Trinajstić information content (AvgIpc) is 2.47. The molecule has 1 amide bonds. The molecule has 172 valence electrons. The molecule has 29 heavy (non-hydrogen) atoms. The number of ether oxygens (including phenoxy) is 3. The summed E-state index contributed by atoms with van der Waals surface area (Å²) in [6.07, 6.45) is -0.883. The first kappa shape index (κ1) is 29.6.